The molecule has 0 aliphatic heterocycles. The van der Waals surface area contributed by atoms with Crippen LogP contribution in [0.3, 0.4) is 0 Å². The van der Waals surface area contributed by atoms with Gasteiger partial charge in [0.15, 0.2) is 0 Å². The average molecular weight is 271 g/mol. The Kier molecular flexibility index (Phi) is 4.18. The fraction of sp³-hybridized carbons (Fsp3) is 0.235. The maximum atomic E-state index is 13.7. The predicted molar refractivity (Wildman–Crippen MR) is 79.6 cm³/mol. The molecule has 0 radical (unpaired) electrons. The number of anilines is 1. The number of amides is 1. The topological polar surface area (TPSA) is 29.1 Å². The van der Waals surface area contributed by atoms with Gasteiger partial charge < -0.3 is 5.32 Å². The molecular weight excluding hydrogens is 253 g/mol. The van der Waals surface area contributed by atoms with Crippen LogP contribution in [0.1, 0.15) is 41.3 Å². The van der Waals surface area contributed by atoms with Gasteiger partial charge in [-0.2, -0.15) is 0 Å². The lowest BCUT2D eigenvalue weighted by Gasteiger charge is -2.10. The lowest BCUT2D eigenvalue weighted by Crippen LogP contribution is -2.14. The third-order valence-electron chi connectivity index (χ3n) is 3.18. The summed E-state index contributed by atoms with van der Waals surface area (Å²) in [4.78, 5) is 12.1. The van der Waals surface area contributed by atoms with Crippen LogP contribution in [0.25, 0.3) is 0 Å². The molecule has 0 aromatic heterocycles. The van der Waals surface area contributed by atoms with E-state index in [1.165, 1.54) is 6.07 Å². The minimum atomic E-state index is -0.506. The molecular formula is C17H18FNO. The first kappa shape index (κ1) is 14.3. The first-order valence-corrected chi connectivity index (χ1v) is 6.65. The summed E-state index contributed by atoms with van der Waals surface area (Å²) in [7, 11) is 0. The first-order chi connectivity index (χ1) is 9.47. The molecule has 2 nitrogen and oxygen atoms in total. The highest BCUT2D eigenvalue weighted by Gasteiger charge is 2.12. The summed E-state index contributed by atoms with van der Waals surface area (Å²) in [6.45, 7) is 6.00. The van der Waals surface area contributed by atoms with Crippen molar-refractivity contribution < 1.29 is 9.18 Å². The van der Waals surface area contributed by atoms with Crippen molar-refractivity contribution in [2.75, 3.05) is 5.32 Å². The third-order valence-corrected chi connectivity index (χ3v) is 3.18. The van der Waals surface area contributed by atoms with Crippen molar-refractivity contribution in [1.29, 1.82) is 0 Å². The van der Waals surface area contributed by atoms with Crippen molar-refractivity contribution in [3.63, 3.8) is 0 Å². The molecule has 2 aromatic carbocycles. The monoisotopic (exact) mass is 271 g/mol. The van der Waals surface area contributed by atoms with Crippen molar-refractivity contribution in [2.24, 2.45) is 0 Å². The Morgan fingerprint density at radius 1 is 1.15 bits per heavy atom. The summed E-state index contributed by atoms with van der Waals surface area (Å²) in [6, 6.07) is 12.1. The molecule has 0 spiro atoms. The standard InChI is InChI=1S/C17H18FNO/c1-11(2)13-5-4-6-14(10-13)19-17(20)15-9-12(3)7-8-16(15)18/h4-11H,1-3H3,(H,19,20). The van der Waals surface area contributed by atoms with E-state index in [1.54, 1.807) is 18.2 Å². The molecule has 0 fully saturated rings. The SMILES string of the molecule is Cc1ccc(F)c(C(=O)Nc2cccc(C(C)C)c2)c1. The van der Waals surface area contributed by atoms with Crippen molar-refractivity contribution in [3.05, 3.63) is 65.0 Å². The van der Waals surface area contributed by atoms with E-state index in [4.69, 9.17) is 0 Å². The second-order valence-electron chi connectivity index (χ2n) is 5.22. The van der Waals surface area contributed by atoms with Crippen molar-refractivity contribution in [2.45, 2.75) is 26.7 Å². The number of halogens is 1. The summed E-state index contributed by atoms with van der Waals surface area (Å²) < 4.78 is 13.7. The molecule has 2 rings (SSSR count). The van der Waals surface area contributed by atoms with Crippen LogP contribution in [0.2, 0.25) is 0 Å². The van der Waals surface area contributed by atoms with Crippen LogP contribution in [-0.4, -0.2) is 5.91 Å². The number of rotatable bonds is 3. The van der Waals surface area contributed by atoms with Gasteiger partial charge in [-0.25, -0.2) is 4.39 Å². The maximum Gasteiger partial charge on any atom is 0.258 e. The Morgan fingerprint density at radius 2 is 1.90 bits per heavy atom. The van der Waals surface area contributed by atoms with Crippen molar-refractivity contribution in [1.82, 2.24) is 0 Å². The van der Waals surface area contributed by atoms with Crippen LogP contribution in [0.15, 0.2) is 42.5 Å². The summed E-state index contributed by atoms with van der Waals surface area (Å²) in [5.74, 6) is -0.553. The molecule has 0 saturated heterocycles. The minimum Gasteiger partial charge on any atom is -0.322 e. The number of nitrogens with one attached hydrogen (secondary N) is 1. The van der Waals surface area contributed by atoms with Gasteiger partial charge in [0, 0.05) is 5.69 Å². The Labute approximate surface area is 118 Å². The summed E-state index contributed by atoms with van der Waals surface area (Å²) >= 11 is 0. The van der Waals surface area contributed by atoms with Crippen LogP contribution in [0.4, 0.5) is 10.1 Å². The number of hydrogen-bond donors (Lipinski definition) is 1. The van der Waals surface area contributed by atoms with Gasteiger partial charge in [-0.15, -0.1) is 0 Å². The van der Waals surface area contributed by atoms with Gasteiger partial charge in [-0.1, -0.05) is 37.6 Å². The van der Waals surface area contributed by atoms with Crippen LogP contribution >= 0.6 is 0 Å². The zero-order chi connectivity index (χ0) is 14.7. The van der Waals surface area contributed by atoms with E-state index < -0.39 is 11.7 Å². The predicted octanol–water partition coefficient (Wildman–Crippen LogP) is 4.51. The molecule has 0 saturated carbocycles. The van der Waals surface area contributed by atoms with Crippen molar-refractivity contribution >= 4 is 11.6 Å². The fourth-order valence-electron chi connectivity index (χ4n) is 1.99. The first-order valence-electron chi connectivity index (χ1n) is 6.65. The highest BCUT2D eigenvalue weighted by atomic mass is 19.1. The second-order valence-corrected chi connectivity index (χ2v) is 5.22. The van der Waals surface area contributed by atoms with E-state index in [9.17, 15) is 9.18 Å². The molecule has 0 aliphatic carbocycles. The molecule has 2 aromatic rings. The molecule has 1 amide bonds. The van der Waals surface area contributed by atoms with Gasteiger partial charge in [0.1, 0.15) is 5.82 Å². The maximum absolute atomic E-state index is 13.7. The van der Waals surface area contributed by atoms with Gasteiger partial charge in [0.25, 0.3) is 5.91 Å². The second kappa shape index (κ2) is 5.87. The lowest BCUT2D eigenvalue weighted by molar-refractivity contribution is 0.102. The van der Waals surface area contributed by atoms with E-state index in [1.807, 2.05) is 25.1 Å². The Hall–Kier alpha value is -2.16. The highest BCUT2D eigenvalue weighted by Crippen LogP contribution is 2.19. The molecule has 1 N–H and O–H groups in total. The van der Waals surface area contributed by atoms with Crippen LogP contribution in [0, 0.1) is 12.7 Å². The quantitative estimate of drug-likeness (QED) is 0.874. The molecule has 0 atom stereocenters. The average Bonchev–Trinajstić information content (AvgIpc) is 2.41. The number of benzene rings is 2. The highest BCUT2D eigenvalue weighted by molar-refractivity contribution is 6.04. The Bertz CT molecular complexity index is 635. The van der Waals surface area contributed by atoms with Crippen LogP contribution in [0.5, 0.6) is 0 Å². The number of carbonyl (C=O) groups is 1. The number of hydrogen-bond acceptors (Lipinski definition) is 1. The van der Waals surface area contributed by atoms with Gasteiger partial charge in [0.2, 0.25) is 0 Å². The van der Waals surface area contributed by atoms with E-state index in [0.717, 1.165) is 11.1 Å². The van der Waals surface area contributed by atoms with Gasteiger partial charge in [-0.3, -0.25) is 4.79 Å². The fourth-order valence-corrected chi connectivity index (χ4v) is 1.99. The molecule has 104 valence electrons. The number of carbonyl (C=O) groups excluding carboxylic acids is 1. The van der Waals surface area contributed by atoms with Gasteiger partial charge in [-0.05, 0) is 42.7 Å². The molecule has 0 unspecified atom stereocenters. The Morgan fingerprint density at radius 3 is 2.60 bits per heavy atom. The third kappa shape index (κ3) is 3.23. The molecule has 20 heavy (non-hydrogen) atoms. The normalized spacial score (nSPS) is 10.7. The smallest absolute Gasteiger partial charge is 0.258 e. The van der Waals surface area contributed by atoms with E-state index in [-0.39, 0.29) is 5.56 Å². The molecule has 0 bridgehead atoms. The van der Waals surface area contributed by atoms with Crippen LogP contribution in [-0.2, 0) is 0 Å². The summed E-state index contributed by atoms with van der Waals surface area (Å²) in [6.07, 6.45) is 0. The Balaban J connectivity index is 2.23. The molecule has 0 aliphatic rings. The van der Waals surface area contributed by atoms with E-state index in [0.29, 0.717) is 11.6 Å². The summed E-state index contributed by atoms with van der Waals surface area (Å²) in [5.41, 5.74) is 2.74. The van der Waals surface area contributed by atoms with Gasteiger partial charge >= 0.3 is 0 Å². The largest absolute Gasteiger partial charge is 0.322 e. The van der Waals surface area contributed by atoms with Gasteiger partial charge in [0.05, 0.1) is 5.56 Å². The zero-order valence-electron chi connectivity index (χ0n) is 11.9. The minimum absolute atomic E-state index is 0.0694. The molecule has 3 heteroatoms. The summed E-state index contributed by atoms with van der Waals surface area (Å²) in [5, 5.41) is 2.74. The van der Waals surface area contributed by atoms with E-state index in [2.05, 4.69) is 19.2 Å². The van der Waals surface area contributed by atoms with Crippen molar-refractivity contribution in [3.8, 4) is 0 Å². The zero-order valence-corrected chi connectivity index (χ0v) is 11.9. The van der Waals surface area contributed by atoms with E-state index >= 15 is 0 Å². The number of aryl methyl sites for hydroxylation is 1. The van der Waals surface area contributed by atoms with Crippen LogP contribution < -0.4 is 5.32 Å². The lowest BCUT2D eigenvalue weighted by atomic mass is 10.0. The molecule has 0 heterocycles.